The Balaban J connectivity index is 3.29. The fraction of sp³-hybridized carbons (Fsp3) is 0.500. The predicted octanol–water partition coefficient (Wildman–Crippen LogP) is 1.78. The molecule has 0 saturated carbocycles. The molecule has 0 amide bonds. The summed E-state index contributed by atoms with van der Waals surface area (Å²) in [7, 11) is -4.48. The van der Waals surface area contributed by atoms with Crippen molar-refractivity contribution in [3.8, 4) is 0 Å². The topological polar surface area (TPSA) is 92.4 Å². The van der Waals surface area contributed by atoms with E-state index in [1.165, 1.54) is 6.07 Å². The summed E-state index contributed by atoms with van der Waals surface area (Å²) in [6.45, 7) is 3.31. The Kier molecular flexibility index (Phi) is 5.24. The molecule has 0 bridgehead atoms. The van der Waals surface area contributed by atoms with Gasteiger partial charge in [0, 0.05) is 5.69 Å². The number of alkyl halides is 3. The number of halogens is 3. The Morgan fingerprint density at radius 3 is 2.29 bits per heavy atom. The molecule has 0 fully saturated rings. The minimum absolute atomic E-state index is 0.0257. The van der Waals surface area contributed by atoms with E-state index in [0.717, 1.165) is 6.07 Å². The lowest BCUT2D eigenvalue weighted by Gasteiger charge is -2.22. The first-order valence-electron chi connectivity index (χ1n) is 6.08. The highest BCUT2D eigenvalue weighted by Crippen LogP contribution is 2.35. The number of aliphatic hydroxyl groups excluding tert-OH is 1. The van der Waals surface area contributed by atoms with Crippen molar-refractivity contribution < 1.29 is 26.7 Å². The normalized spacial score (nSPS) is 14.3. The van der Waals surface area contributed by atoms with Gasteiger partial charge in [-0.25, -0.2) is 13.6 Å². The second-order valence-corrected chi connectivity index (χ2v) is 6.46. The SMILES string of the molecule is CC(C)[C@@H](CO)Nc1ccc(S(N)(=O)=O)c(C(F)(F)F)c1. The molecule has 0 aliphatic carbocycles. The molecular formula is C12H17F3N2O3S. The lowest BCUT2D eigenvalue weighted by atomic mass is 10.0. The van der Waals surface area contributed by atoms with Gasteiger partial charge in [-0.05, 0) is 24.1 Å². The van der Waals surface area contributed by atoms with E-state index in [1.54, 1.807) is 13.8 Å². The zero-order chi connectivity index (χ0) is 16.4. The minimum atomic E-state index is -4.86. The maximum atomic E-state index is 12.9. The summed E-state index contributed by atoms with van der Waals surface area (Å²) in [5.74, 6) is -0.0257. The number of benzene rings is 1. The number of nitrogens with two attached hydrogens (primary N) is 1. The molecule has 0 saturated heterocycles. The fourth-order valence-corrected chi connectivity index (χ4v) is 2.47. The Labute approximate surface area is 121 Å². The molecule has 0 unspecified atom stereocenters. The highest BCUT2D eigenvalue weighted by atomic mass is 32.2. The number of hydrogen-bond acceptors (Lipinski definition) is 4. The van der Waals surface area contributed by atoms with Crippen LogP contribution in [0, 0.1) is 5.92 Å². The summed E-state index contributed by atoms with van der Waals surface area (Å²) in [6, 6.07) is 2.20. The van der Waals surface area contributed by atoms with E-state index < -0.39 is 32.7 Å². The first-order chi connectivity index (χ1) is 9.46. The van der Waals surface area contributed by atoms with Crippen molar-refractivity contribution in [2.45, 2.75) is 31.0 Å². The van der Waals surface area contributed by atoms with E-state index in [-0.39, 0.29) is 18.2 Å². The highest BCUT2D eigenvalue weighted by molar-refractivity contribution is 7.89. The molecule has 1 aromatic carbocycles. The lowest BCUT2D eigenvalue weighted by Crippen LogP contribution is -2.29. The Bertz CT molecular complexity index is 600. The third kappa shape index (κ3) is 4.58. The van der Waals surface area contributed by atoms with Crippen molar-refractivity contribution in [1.29, 1.82) is 0 Å². The van der Waals surface area contributed by atoms with Gasteiger partial charge in [-0.15, -0.1) is 0 Å². The monoisotopic (exact) mass is 326 g/mol. The van der Waals surface area contributed by atoms with Crippen LogP contribution in [0.5, 0.6) is 0 Å². The standard InChI is InChI=1S/C12H17F3N2O3S/c1-7(2)10(6-18)17-8-3-4-11(21(16,19)20)9(5-8)12(13,14)15/h3-5,7,10,17-18H,6H2,1-2H3,(H2,16,19,20)/t10-/m1/s1. The third-order valence-electron chi connectivity index (χ3n) is 2.94. The summed E-state index contributed by atoms with van der Waals surface area (Å²) in [5, 5.41) is 16.7. The van der Waals surface area contributed by atoms with Gasteiger partial charge in [-0.2, -0.15) is 13.2 Å². The van der Waals surface area contributed by atoms with Crippen molar-refractivity contribution in [2.75, 3.05) is 11.9 Å². The number of sulfonamides is 1. The number of hydrogen-bond donors (Lipinski definition) is 3. The van der Waals surface area contributed by atoms with Gasteiger partial charge in [0.25, 0.3) is 0 Å². The fourth-order valence-electron chi connectivity index (χ4n) is 1.73. The molecule has 9 heteroatoms. The number of aliphatic hydroxyl groups is 1. The summed E-state index contributed by atoms with van der Waals surface area (Å²) >= 11 is 0. The van der Waals surface area contributed by atoms with Gasteiger partial charge in [-0.3, -0.25) is 0 Å². The molecule has 0 aliphatic rings. The average molecular weight is 326 g/mol. The molecule has 1 atom stereocenters. The van der Waals surface area contributed by atoms with Crippen molar-refractivity contribution in [3.05, 3.63) is 23.8 Å². The lowest BCUT2D eigenvalue weighted by molar-refractivity contribution is -0.139. The van der Waals surface area contributed by atoms with Gasteiger partial charge in [0.2, 0.25) is 10.0 Å². The minimum Gasteiger partial charge on any atom is -0.394 e. The molecule has 0 heterocycles. The molecular weight excluding hydrogens is 309 g/mol. The zero-order valence-electron chi connectivity index (χ0n) is 11.5. The summed E-state index contributed by atoms with van der Waals surface area (Å²) in [4.78, 5) is -0.981. The van der Waals surface area contributed by atoms with Gasteiger partial charge in [0.15, 0.2) is 0 Å². The number of primary sulfonamides is 1. The molecule has 1 aromatic rings. The number of rotatable bonds is 5. The number of nitrogens with one attached hydrogen (secondary N) is 1. The van der Waals surface area contributed by atoms with Crippen LogP contribution in [0.25, 0.3) is 0 Å². The van der Waals surface area contributed by atoms with E-state index in [0.29, 0.717) is 6.07 Å². The molecule has 1 rings (SSSR count). The van der Waals surface area contributed by atoms with Crippen molar-refractivity contribution in [3.63, 3.8) is 0 Å². The zero-order valence-corrected chi connectivity index (χ0v) is 12.3. The molecule has 21 heavy (non-hydrogen) atoms. The second kappa shape index (κ2) is 6.20. The maximum Gasteiger partial charge on any atom is 0.417 e. The van der Waals surface area contributed by atoms with E-state index >= 15 is 0 Å². The Hall–Kier alpha value is -1.32. The van der Waals surface area contributed by atoms with Gasteiger partial charge in [0.05, 0.1) is 23.1 Å². The van der Waals surface area contributed by atoms with Crippen LogP contribution in [-0.4, -0.2) is 26.2 Å². The molecule has 0 aliphatic heterocycles. The van der Waals surface area contributed by atoms with Gasteiger partial charge < -0.3 is 10.4 Å². The first-order valence-corrected chi connectivity index (χ1v) is 7.63. The van der Waals surface area contributed by atoms with Crippen LogP contribution in [0.2, 0.25) is 0 Å². The Morgan fingerprint density at radius 2 is 1.90 bits per heavy atom. The van der Waals surface area contributed by atoms with Crippen molar-refractivity contribution in [1.82, 2.24) is 0 Å². The molecule has 0 spiro atoms. The van der Waals surface area contributed by atoms with E-state index in [9.17, 15) is 26.7 Å². The molecule has 4 N–H and O–H groups in total. The highest BCUT2D eigenvalue weighted by Gasteiger charge is 2.36. The largest absolute Gasteiger partial charge is 0.417 e. The first kappa shape index (κ1) is 17.7. The van der Waals surface area contributed by atoms with Crippen LogP contribution in [0.1, 0.15) is 19.4 Å². The van der Waals surface area contributed by atoms with Crippen LogP contribution in [0.4, 0.5) is 18.9 Å². The van der Waals surface area contributed by atoms with E-state index in [4.69, 9.17) is 5.14 Å². The van der Waals surface area contributed by atoms with Gasteiger partial charge in [-0.1, -0.05) is 13.8 Å². The van der Waals surface area contributed by atoms with Gasteiger partial charge >= 0.3 is 6.18 Å². The smallest absolute Gasteiger partial charge is 0.394 e. The van der Waals surface area contributed by atoms with Gasteiger partial charge in [0.1, 0.15) is 0 Å². The van der Waals surface area contributed by atoms with Crippen molar-refractivity contribution >= 4 is 15.7 Å². The second-order valence-electron chi connectivity index (χ2n) is 4.93. The van der Waals surface area contributed by atoms with Crippen LogP contribution in [0.3, 0.4) is 0 Å². The predicted molar refractivity (Wildman–Crippen MR) is 72.2 cm³/mol. The molecule has 0 radical (unpaired) electrons. The van der Waals surface area contributed by atoms with Crippen LogP contribution < -0.4 is 10.5 Å². The van der Waals surface area contributed by atoms with Crippen molar-refractivity contribution in [2.24, 2.45) is 11.1 Å². The molecule has 0 aromatic heterocycles. The van der Waals surface area contributed by atoms with Crippen LogP contribution >= 0.6 is 0 Å². The molecule has 5 nitrogen and oxygen atoms in total. The van der Waals surface area contributed by atoms with E-state index in [2.05, 4.69) is 5.32 Å². The average Bonchev–Trinajstić information content (AvgIpc) is 2.33. The summed E-state index contributed by atoms with van der Waals surface area (Å²) < 4.78 is 61.2. The van der Waals surface area contributed by atoms with Crippen LogP contribution in [0.15, 0.2) is 23.1 Å². The molecule has 120 valence electrons. The van der Waals surface area contributed by atoms with Crippen LogP contribution in [-0.2, 0) is 16.2 Å². The van der Waals surface area contributed by atoms with E-state index in [1.807, 2.05) is 0 Å². The number of anilines is 1. The Morgan fingerprint density at radius 1 is 1.33 bits per heavy atom. The summed E-state index contributed by atoms with van der Waals surface area (Å²) in [5.41, 5.74) is -1.28. The third-order valence-corrected chi connectivity index (χ3v) is 3.91. The summed E-state index contributed by atoms with van der Waals surface area (Å²) in [6.07, 6.45) is -4.86. The quantitative estimate of drug-likeness (QED) is 0.769. The maximum absolute atomic E-state index is 12.9.